The quantitative estimate of drug-likeness (QED) is 0.472. The Morgan fingerprint density at radius 1 is 1.14 bits per heavy atom. The Morgan fingerprint density at radius 3 is 2.46 bits per heavy atom. The van der Waals surface area contributed by atoms with Crippen LogP contribution in [-0.2, 0) is 10.2 Å². The highest BCUT2D eigenvalue weighted by atomic mass is 35.5. The monoisotopic (exact) mass is 418 g/mol. The van der Waals surface area contributed by atoms with E-state index in [4.69, 9.17) is 28.6 Å². The van der Waals surface area contributed by atoms with Crippen molar-refractivity contribution in [1.82, 2.24) is 5.32 Å². The summed E-state index contributed by atoms with van der Waals surface area (Å²) in [5.41, 5.74) is 3.15. The van der Waals surface area contributed by atoms with Crippen molar-refractivity contribution in [3.05, 3.63) is 58.6 Å². The third kappa shape index (κ3) is 7.13. The number of nitrogens with one attached hydrogen (secondary N) is 2. The Balaban J connectivity index is 1.71. The fourth-order valence-corrected chi connectivity index (χ4v) is 2.94. The van der Waals surface area contributed by atoms with Gasteiger partial charge in [-0.1, -0.05) is 50.6 Å². The Morgan fingerprint density at radius 2 is 1.82 bits per heavy atom. The number of thiocarbonyl (C=S) groups is 1. The molecule has 0 aliphatic heterocycles. The van der Waals surface area contributed by atoms with Gasteiger partial charge >= 0.3 is 0 Å². The molecule has 0 atom stereocenters. The first kappa shape index (κ1) is 22.2. The minimum atomic E-state index is -0.149. The van der Waals surface area contributed by atoms with Gasteiger partial charge in [-0.2, -0.15) is 0 Å². The zero-order valence-electron chi connectivity index (χ0n) is 16.8. The normalized spacial score (nSPS) is 11.0. The van der Waals surface area contributed by atoms with Gasteiger partial charge in [0.05, 0.1) is 6.61 Å². The molecule has 0 bridgehead atoms. The standard InChI is InChI=1S/C22H27ClN2O2S/c1-15-7-10-17(23)14-19(15)24-21(28)25-20(26)6-5-13-27-18-11-8-16(9-12-18)22(2,3)4/h7-12,14H,5-6,13H2,1-4H3,(H2,24,25,26,28). The van der Waals surface area contributed by atoms with E-state index in [2.05, 4.69) is 43.5 Å². The molecule has 150 valence electrons. The lowest BCUT2D eigenvalue weighted by Crippen LogP contribution is -2.34. The van der Waals surface area contributed by atoms with Gasteiger partial charge in [-0.15, -0.1) is 0 Å². The summed E-state index contributed by atoms with van der Waals surface area (Å²) in [6.07, 6.45) is 0.933. The number of hydrogen-bond acceptors (Lipinski definition) is 3. The highest BCUT2D eigenvalue weighted by molar-refractivity contribution is 7.80. The molecule has 2 N–H and O–H groups in total. The van der Waals surface area contributed by atoms with E-state index < -0.39 is 0 Å². The summed E-state index contributed by atoms with van der Waals surface area (Å²) in [5, 5.41) is 6.54. The SMILES string of the molecule is Cc1ccc(Cl)cc1NC(=S)NC(=O)CCCOc1ccc(C(C)(C)C)cc1. The third-order valence-electron chi connectivity index (χ3n) is 4.24. The number of benzene rings is 2. The third-order valence-corrected chi connectivity index (χ3v) is 4.68. The van der Waals surface area contributed by atoms with Gasteiger partial charge in [-0.3, -0.25) is 4.79 Å². The molecule has 4 nitrogen and oxygen atoms in total. The van der Waals surface area contributed by atoms with Crippen molar-refractivity contribution in [3.8, 4) is 5.75 Å². The number of amides is 1. The number of carbonyl (C=O) groups is 1. The first-order valence-corrected chi connectivity index (χ1v) is 10.0. The Bertz CT molecular complexity index is 829. The fraction of sp³-hybridized carbons (Fsp3) is 0.364. The Kier molecular flexibility index (Phi) is 7.84. The first-order chi connectivity index (χ1) is 13.1. The molecule has 2 rings (SSSR count). The van der Waals surface area contributed by atoms with E-state index in [1.807, 2.05) is 25.1 Å². The van der Waals surface area contributed by atoms with Crippen molar-refractivity contribution in [2.45, 2.75) is 46.0 Å². The first-order valence-electron chi connectivity index (χ1n) is 9.25. The molecule has 0 aromatic heterocycles. The van der Waals surface area contributed by atoms with E-state index in [1.165, 1.54) is 5.56 Å². The molecule has 0 saturated carbocycles. The zero-order valence-corrected chi connectivity index (χ0v) is 18.3. The highest BCUT2D eigenvalue weighted by Crippen LogP contribution is 2.24. The number of ether oxygens (including phenoxy) is 1. The number of hydrogen-bond donors (Lipinski definition) is 2. The second-order valence-corrected chi connectivity index (χ2v) is 8.53. The number of halogens is 1. The van der Waals surface area contributed by atoms with Crippen molar-refractivity contribution < 1.29 is 9.53 Å². The second-order valence-electron chi connectivity index (χ2n) is 7.69. The average Bonchev–Trinajstić information content (AvgIpc) is 2.61. The number of carbonyl (C=O) groups excluding carboxylic acids is 1. The maximum absolute atomic E-state index is 12.0. The van der Waals surface area contributed by atoms with Crippen LogP contribution in [0.15, 0.2) is 42.5 Å². The summed E-state index contributed by atoms with van der Waals surface area (Å²) in [4.78, 5) is 12.0. The molecule has 0 fully saturated rings. The van der Waals surface area contributed by atoms with E-state index in [9.17, 15) is 4.79 Å². The molecule has 0 aliphatic carbocycles. The maximum Gasteiger partial charge on any atom is 0.226 e. The van der Waals surface area contributed by atoms with Crippen LogP contribution in [0.1, 0.15) is 44.7 Å². The summed E-state index contributed by atoms with van der Waals surface area (Å²) in [5.74, 6) is 0.658. The zero-order chi connectivity index (χ0) is 20.7. The number of rotatable bonds is 6. The maximum atomic E-state index is 12.0. The lowest BCUT2D eigenvalue weighted by molar-refractivity contribution is -0.119. The van der Waals surface area contributed by atoms with E-state index >= 15 is 0 Å². The lowest BCUT2D eigenvalue weighted by Gasteiger charge is -2.19. The van der Waals surface area contributed by atoms with Crippen LogP contribution >= 0.6 is 23.8 Å². The summed E-state index contributed by atoms with van der Waals surface area (Å²) in [6.45, 7) is 8.93. The van der Waals surface area contributed by atoms with Gasteiger partial charge in [-0.05, 0) is 66.4 Å². The van der Waals surface area contributed by atoms with Gasteiger partial charge < -0.3 is 15.4 Å². The van der Waals surface area contributed by atoms with Crippen LogP contribution in [0.5, 0.6) is 5.75 Å². The molecule has 0 radical (unpaired) electrons. The van der Waals surface area contributed by atoms with Crippen LogP contribution in [0.2, 0.25) is 5.02 Å². The van der Waals surface area contributed by atoms with Crippen molar-refractivity contribution in [2.24, 2.45) is 0 Å². The number of anilines is 1. The number of aryl methyl sites for hydroxylation is 1. The average molecular weight is 419 g/mol. The molecule has 6 heteroatoms. The smallest absolute Gasteiger partial charge is 0.226 e. The van der Waals surface area contributed by atoms with E-state index in [1.54, 1.807) is 12.1 Å². The van der Waals surface area contributed by atoms with Crippen LogP contribution < -0.4 is 15.4 Å². The minimum absolute atomic E-state index is 0.118. The molecule has 2 aromatic carbocycles. The van der Waals surface area contributed by atoms with Crippen LogP contribution in [0.4, 0.5) is 5.69 Å². The van der Waals surface area contributed by atoms with Gasteiger partial charge in [0.15, 0.2) is 5.11 Å². The van der Waals surface area contributed by atoms with Crippen LogP contribution in [0.25, 0.3) is 0 Å². The van der Waals surface area contributed by atoms with Crippen LogP contribution in [0.3, 0.4) is 0 Å². The highest BCUT2D eigenvalue weighted by Gasteiger charge is 2.13. The minimum Gasteiger partial charge on any atom is -0.494 e. The molecule has 0 spiro atoms. The molecule has 0 unspecified atom stereocenters. The molecule has 28 heavy (non-hydrogen) atoms. The van der Waals surface area contributed by atoms with Crippen molar-refractivity contribution in [2.75, 3.05) is 11.9 Å². The van der Waals surface area contributed by atoms with Crippen molar-refractivity contribution >= 4 is 40.5 Å². The molecule has 1 amide bonds. The topological polar surface area (TPSA) is 50.4 Å². The summed E-state index contributed by atoms with van der Waals surface area (Å²) in [7, 11) is 0. The van der Waals surface area contributed by atoms with E-state index in [0.29, 0.717) is 24.5 Å². The Labute approximate surface area is 177 Å². The molecule has 0 aliphatic rings. The molecule has 0 heterocycles. The van der Waals surface area contributed by atoms with Gasteiger partial charge in [0.2, 0.25) is 5.91 Å². The Hall–Kier alpha value is -2.11. The van der Waals surface area contributed by atoms with Crippen LogP contribution in [0, 0.1) is 6.92 Å². The van der Waals surface area contributed by atoms with Gasteiger partial charge in [0.1, 0.15) is 5.75 Å². The largest absolute Gasteiger partial charge is 0.494 e. The predicted octanol–water partition coefficient (Wildman–Crippen LogP) is 5.62. The molecule has 2 aromatic rings. The van der Waals surface area contributed by atoms with Crippen LogP contribution in [-0.4, -0.2) is 17.6 Å². The summed E-state index contributed by atoms with van der Waals surface area (Å²) >= 11 is 11.2. The van der Waals surface area contributed by atoms with E-state index in [-0.39, 0.29) is 16.4 Å². The van der Waals surface area contributed by atoms with Gasteiger partial charge in [-0.25, -0.2) is 0 Å². The van der Waals surface area contributed by atoms with Gasteiger partial charge in [0.25, 0.3) is 0 Å². The summed E-state index contributed by atoms with van der Waals surface area (Å²) < 4.78 is 5.71. The molecular weight excluding hydrogens is 392 g/mol. The fourth-order valence-electron chi connectivity index (χ4n) is 2.55. The van der Waals surface area contributed by atoms with Crippen molar-refractivity contribution in [1.29, 1.82) is 0 Å². The van der Waals surface area contributed by atoms with Crippen molar-refractivity contribution in [3.63, 3.8) is 0 Å². The lowest BCUT2D eigenvalue weighted by atomic mass is 9.87. The molecular formula is C22H27ClN2O2S. The summed E-state index contributed by atoms with van der Waals surface area (Å²) in [6, 6.07) is 13.5. The molecule has 0 saturated heterocycles. The predicted molar refractivity (Wildman–Crippen MR) is 120 cm³/mol. The van der Waals surface area contributed by atoms with E-state index in [0.717, 1.165) is 17.0 Å². The van der Waals surface area contributed by atoms with Gasteiger partial charge in [0, 0.05) is 17.1 Å². The second kappa shape index (κ2) is 9.89.